The van der Waals surface area contributed by atoms with Gasteiger partial charge in [0.1, 0.15) is 0 Å². The van der Waals surface area contributed by atoms with E-state index in [9.17, 15) is 13.2 Å². The largest absolute Gasteiger partial charge is 0.378 e. The lowest BCUT2D eigenvalue weighted by Gasteiger charge is -2.29. The Morgan fingerprint density at radius 3 is 2.19 bits per heavy atom. The molecule has 3 rings (SSSR count). The predicted octanol–water partition coefficient (Wildman–Crippen LogP) is 1.78. The fourth-order valence-electron chi connectivity index (χ4n) is 2.99. The Hall–Kier alpha value is -2.22. The first-order valence-electron chi connectivity index (χ1n) is 9.02. The molecule has 0 unspecified atom stereocenters. The number of hydrogen-bond donors (Lipinski definition) is 0. The van der Waals surface area contributed by atoms with Crippen molar-refractivity contribution in [3.63, 3.8) is 0 Å². The van der Waals surface area contributed by atoms with Gasteiger partial charge in [-0.3, -0.25) is 4.79 Å². The number of ether oxygens (including phenoxy) is 1. The van der Waals surface area contributed by atoms with Crippen molar-refractivity contribution in [2.75, 3.05) is 39.4 Å². The van der Waals surface area contributed by atoms with Crippen molar-refractivity contribution >= 4 is 15.9 Å². The first kappa shape index (κ1) is 19.5. The molecule has 1 aliphatic heterocycles. The third-order valence-electron chi connectivity index (χ3n) is 4.55. The molecule has 0 N–H and O–H groups in total. The molecule has 144 valence electrons. The SMILES string of the molecule is O=C(CN(CCc1ccccc1)S(=O)(=O)c1ccccc1)N1CCOCC1. The highest BCUT2D eigenvalue weighted by molar-refractivity contribution is 7.89. The summed E-state index contributed by atoms with van der Waals surface area (Å²) in [5.74, 6) is -0.189. The van der Waals surface area contributed by atoms with E-state index in [2.05, 4.69) is 0 Å². The van der Waals surface area contributed by atoms with Crippen LogP contribution >= 0.6 is 0 Å². The van der Waals surface area contributed by atoms with Crippen LogP contribution in [0.1, 0.15) is 5.56 Å². The molecule has 7 heteroatoms. The summed E-state index contributed by atoms with van der Waals surface area (Å²) in [7, 11) is -3.75. The number of hydrogen-bond acceptors (Lipinski definition) is 4. The van der Waals surface area contributed by atoms with Crippen molar-refractivity contribution in [2.24, 2.45) is 0 Å². The maximum atomic E-state index is 13.1. The van der Waals surface area contributed by atoms with Gasteiger partial charge in [-0.2, -0.15) is 4.31 Å². The number of sulfonamides is 1. The van der Waals surface area contributed by atoms with Crippen LogP contribution in [0.2, 0.25) is 0 Å². The van der Waals surface area contributed by atoms with Crippen LogP contribution in [0, 0.1) is 0 Å². The van der Waals surface area contributed by atoms with E-state index in [1.807, 2.05) is 30.3 Å². The summed E-state index contributed by atoms with van der Waals surface area (Å²) >= 11 is 0. The molecule has 0 saturated carbocycles. The number of carbonyl (C=O) groups is 1. The third kappa shape index (κ3) is 5.15. The second-order valence-electron chi connectivity index (χ2n) is 6.38. The zero-order valence-corrected chi connectivity index (χ0v) is 16.0. The second-order valence-corrected chi connectivity index (χ2v) is 8.32. The standard InChI is InChI=1S/C20H24N2O4S/c23-20(21-13-15-26-16-14-21)17-22(12-11-18-7-3-1-4-8-18)27(24,25)19-9-5-2-6-10-19/h1-10H,11-17H2. The van der Waals surface area contributed by atoms with Gasteiger partial charge in [-0.1, -0.05) is 48.5 Å². The van der Waals surface area contributed by atoms with Crippen LogP contribution in [0.4, 0.5) is 0 Å². The molecule has 2 aromatic rings. The van der Waals surface area contributed by atoms with E-state index in [4.69, 9.17) is 4.74 Å². The van der Waals surface area contributed by atoms with Crippen LogP contribution in [0.25, 0.3) is 0 Å². The topological polar surface area (TPSA) is 66.9 Å². The Bertz CT molecular complexity index is 835. The molecule has 1 heterocycles. The molecule has 0 aliphatic carbocycles. The molecule has 0 atom stereocenters. The molecule has 1 fully saturated rings. The van der Waals surface area contributed by atoms with E-state index < -0.39 is 10.0 Å². The first-order valence-corrected chi connectivity index (χ1v) is 10.5. The van der Waals surface area contributed by atoms with E-state index in [-0.39, 0.29) is 23.9 Å². The van der Waals surface area contributed by atoms with Gasteiger partial charge in [-0.15, -0.1) is 0 Å². The maximum absolute atomic E-state index is 13.1. The monoisotopic (exact) mass is 388 g/mol. The lowest BCUT2D eigenvalue weighted by atomic mass is 10.1. The van der Waals surface area contributed by atoms with E-state index in [0.29, 0.717) is 32.7 Å². The summed E-state index contributed by atoms with van der Waals surface area (Å²) in [5.41, 5.74) is 1.03. The summed E-state index contributed by atoms with van der Waals surface area (Å²) in [4.78, 5) is 14.5. The zero-order valence-electron chi connectivity index (χ0n) is 15.2. The summed E-state index contributed by atoms with van der Waals surface area (Å²) in [6, 6.07) is 17.9. The number of morpholine rings is 1. The zero-order chi connectivity index (χ0) is 19.1. The lowest BCUT2D eigenvalue weighted by molar-refractivity contribution is -0.135. The molecule has 0 spiro atoms. The van der Waals surface area contributed by atoms with Crippen molar-refractivity contribution in [1.82, 2.24) is 9.21 Å². The van der Waals surface area contributed by atoms with E-state index in [0.717, 1.165) is 5.56 Å². The molecular weight excluding hydrogens is 364 g/mol. The minimum Gasteiger partial charge on any atom is -0.378 e. The molecule has 0 bridgehead atoms. The molecule has 0 aromatic heterocycles. The fraction of sp³-hybridized carbons (Fsp3) is 0.350. The van der Waals surface area contributed by atoms with Crippen LogP contribution in [0.15, 0.2) is 65.6 Å². The molecular formula is C20H24N2O4S. The van der Waals surface area contributed by atoms with Gasteiger partial charge >= 0.3 is 0 Å². The van der Waals surface area contributed by atoms with Crippen molar-refractivity contribution in [3.8, 4) is 0 Å². The summed E-state index contributed by atoms with van der Waals surface area (Å²) < 4.78 is 32.8. The van der Waals surface area contributed by atoms with Gasteiger partial charge in [0.15, 0.2) is 0 Å². The average Bonchev–Trinajstić information content (AvgIpc) is 2.73. The minimum absolute atomic E-state index is 0.163. The number of benzene rings is 2. The Kier molecular flexibility index (Phi) is 6.60. The van der Waals surface area contributed by atoms with Gasteiger partial charge in [-0.05, 0) is 24.1 Å². The van der Waals surface area contributed by atoms with Crippen LogP contribution < -0.4 is 0 Å². The smallest absolute Gasteiger partial charge is 0.243 e. The quantitative estimate of drug-likeness (QED) is 0.725. The van der Waals surface area contributed by atoms with Crippen LogP contribution in [0.5, 0.6) is 0 Å². The molecule has 27 heavy (non-hydrogen) atoms. The van der Waals surface area contributed by atoms with Gasteiger partial charge < -0.3 is 9.64 Å². The van der Waals surface area contributed by atoms with Crippen molar-refractivity contribution < 1.29 is 17.9 Å². The fourth-order valence-corrected chi connectivity index (χ4v) is 4.40. The van der Waals surface area contributed by atoms with E-state index in [1.54, 1.807) is 35.2 Å². The number of carbonyl (C=O) groups excluding carboxylic acids is 1. The highest BCUT2D eigenvalue weighted by atomic mass is 32.2. The van der Waals surface area contributed by atoms with Crippen molar-refractivity contribution in [1.29, 1.82) is 0 Å². The van der Waals surface area contributed by atoms with Gasteiger partial charge in [-0.25, -0.2) is 8.42 Å². The number of rotatable bonds is 7. The summed E-state index contributed by atoms with van der Waals surface area (Å²) in [6.07, 6.45) is 0.545. The molecule has 1 saturated heterocycles. The second kappa shape index (κ2) is 9.12. The molecule has 1 aliphatic rings. The van der Waals surface area contributed by atoms with E-state index in [1.165, 1.54) is 4.31 Å². The molecule has 6 nitrogen and oxygen atoms in total. The number of amides is 1. The predicted molar refractivity (Wildman–Crippen MR) is 103 cm³/mol. The molecule has 2 aromatic carbocycles. The highest BCUT2D eigenvalue weighted by Gasteiger charge is 2.28. The lowest BCUT2D eigenvalue weighted by Crippen LogP contribution is -2.47. The molecule has 1 amide bonds. The average molecular weight is 388 g/mol. The van der Waals surface area contributed by atoms with Gasteiger partial charge in [0.25, 0.3) is 0 Å². The van der Waals surface area contributed by atoms with E-state index >= 15 is 0 Å². The van der Waals surface area contributed by atoms with Crippen LogP contribution in [-0.4, -0.2) is 62.9 Å². The van der Waals surface area contributed by atoms with Gasteiger partial charge in [0.05, 0.1) is 24.7 Å². The summed E-state index contributed by atoms with van der Waals surface area (Å²) in [6.45, 7) is 2.05. The number of nitrogens with zero attached hydrogens (tertiary/aromatic N) is 2. The van der Waals surface area contributed by atoms with Crippen LogP contribution in [0.3, 0.4) is 0 Å². The Morgan fingerprint density at radius 2 is 1.56 bits per heavy atom. The van der Waals surface area contributed by atoms with Gasteiger partial charge in [0, 0.05) is 19.6 Å². The van der Waals surface area contributed by atoms with Crippen molar-refractivity contribution in [3.05, 3.63) is 66.2 Å². The summed E-state index contributed by atoms with van der Waals surface area (Å²) in [5, 5.41) is 0. The molecule has 0 radical (unpaired) electrons. The van der Waals surface area contributed by atoms with Crippen LogP contribution in [-0.2, 0) is 26.0 Å². The minimum atomic E-state index is -3.75. The Labute approximate surface area is 160 Å². The third-order valence-corrected chi connectivity index (χ3v) is 6.41. The Morgan fingerprint density at radius 1 is 0.963 bits per heavy atom. The first-order chi connectivity index (χ1) is 13.1. The van der Waals surface area contributed by atoms with Gasteiger partial charge in [0.2, 0.25) is 15.9 Å². The highest BCUT2D eigenvalue weighted by Crippen LogP contribution is 2.16. The van der Waals surface area contributed by atoms with Crippen molar-refractivity contribution in [2.45, 2.75) is 11.3 Å². The normalized spacial score (nSPS) is 15.1. The Balaban J connectivity index is 1.78. The maximum Gasteiger partial charge on any atom is 0.243 e.